The molecule has 0 atom stereocenters. The van der Waals surface area contributed by atoms with Crippen molar-refractivity contribution in [2.75, 3.05) is 13.1 Å². The summed E-state index contributed by atoms with van der Waals surface area (Å²) in [6.45, 7) is 4.29. The number of hydrogen-bond donors (Lipinski definition) is 1. The predicted molar refractivity (Wildman–Crippen MR) is 83.8 cm³/mol. The number of hydrogen-bond acceptors (Lipinski definition) is 4. The van der Waals surface area contributed by atoms with Gasteiger partial charge in [0.1, 0.15) is 11.5 Å². The van der Waals surface area contributed by atoms with Gasteiger partial charge in [-0.3, -0.25) is 9.69 Å². The molecule has 3 rings (SSSR count). The first-order chi connectivity index (χ1) is 11.0. The van der Waals surface area contributed by atoms with Crippen LogP contribution in [0.3, 0.4) is 0 Å². The third kappa shape index (κ3) is 3.42. The van der Waals surface area contributed by atoms with Crippen molar-refractivity contribution in [3.8, 4) is 11.3 Å². The molecular weight excluding hydrogens is 297 g/mol. The molecule has 1 saturated heterocycles. The number of aromatic nitrogens is 1. The van der Waals surface area contributed by atoms with Crippen LogP contribution in [-0.2, 0) is 11.3 Å². The fourth-order valence-corrected chi connectivity index (χ4v) is 2.97. The number of nitrogens with zero attached hydrogens (tertiary/aromatic N) is 2. The zero-order chi connectivity index (χ0) is 16.4. The maximum Gasteiger partial charge on any atom is 0.220 e. The highest BCUT2D eigenvalue weighted by Gasteiger charge is 2.24. The van der Waals surface area contributed by atoms with Crippen LogP contribution in [0, 0.1) is 18.7 Å². The lowest BCUT2D eigenvalue weighted by Gasteiger charge is -2.29. The van der Waals surface area contributed by atoms with Crippen molar-refractivity contribution >= 4 is 5.91 Å². The number of carbonyl (C=O) groups excluding carboxylic acids is 1. The van der Waals surface area contributed by atoms with E-state index >= 15 is 0 Å². The predicted octanol–water partition coefficient (Wildman–Crippen LogP) is 2.49. The molecule has 1 amide bonds. The second-order valence-electron chi connectivity index (χ2n) is 6.04. The summed E-state index contributed by atoms with van der Waals surface area (Å²) in [5.41, 5.74) is 8.01. The van der Waals surface area contributed by atoms with Crippen molar-refractivity contribution < 1.29 is 13.7 Å². The van der Waals surface area contributed by atoms with Crippen LogP contribution in [-0.4, -0.2) is 29.1 Å². The number of likely N-dealkylation sites (tertiary alicyclic amines) is 1. The molecule has 0 radical (unpaired) electrons. The van der Waals surface area contributed by atoms with Crippen molar-refractivity contribution in [3.63, 3.8) is 0 Å². The molecule has 0 spiro atoms. The molecule has 2 heterocycles. The Kier molecular flexibility index (Phi) is 4.43. The lowest BCUT2D eigenvalue weighted by Crippen LogP contribution is -2.38. The molecule has 2 aromatic rings. The molecule has 5 nitrogen and oxygen atoms in total. The second-order valence-corrected chi connectivity index (χ2v) is 6.04. The van der Waals surface area contributed by atoms with Gasteiger partial charge in [-0.15, -0.1) is 0 Å². The summed E-state index contributed by atoms with van der Waals surface area (Å²) in [5, 5.41) is 4.16. The van der Waals surface area contributed by atoms with Crippen molar-refractivity contribution in [1.29, 1.82) is 0 Å². The smallest absolute Gasteiger partial charge is 0.220 e. The van der Waals surface area contributed by atoms with Gasteiger partial charge in [-0.1, -0.05) is 5.16 Å². The minimum Gasteiger partial charge on any atom is -0.369 e. The number of piperidine rings is 1. The molecule has 0 aliphatic carbocycles. The SMILES string of the molecule is Cc1c(CN2CCC(C(N)=O)CC2)noc1-c1ccc(F)cc1. The van der Waals surface area contributed by atoms with Gasteiger partial charge in [-0.05, 0) is 57.1 Å². The lowest BCUT2D eigenvalue weighted by molar-refractivity contribution is -0.123. The van der Waals surface area contributed by atoms with E-state index in [-0.39, 0.29) is 17.6 Å². The minimum absolute atomic E-state index is 0.0144. The summed E-state index contributed by atoms with van der Waals surface area (Å²) < 4.78 is 18.5. The average Bonchev–Trinajstić information content (AvgIpc) is 2.90. The van der Waals surface area contributed by atoms with Crippen LogP contribution in [0.4, 0.5) is 4.39 Å². The van der Waals surface area contributed by atoms with Crippen molar-refractivity contribution in [1.82, 2.24) is 10.1 Å². The van der Waals surface area contributed by atoms with Gasteiger partial charge in [0.05, 0.1) is 0 Å². The summed E-state index contributed by atoms with van der Waals surface area (Å²) >= 11 is 0. The van der Waals surface area contributed by atoms with Crippen LogP contribution in [0.2, 0.25) is 0 Å². The Labute approximate surface area is 134 Å². The molecule has 0 unspecified atom stereocenters. The molecule has 1 aromatic heterocycles. The van der Waals surface area contributed by atoms with Crippen molar-refractivity contribution in [3.05, 3.63) is 41.3 Å². The molecule has 1 aromatic carbocycles. The highest BCUT2D eigenvalue weighted by molar-refractivity contribution is 5.76. The number of primary amides is 1. The van der Waals surface area contributed by atoms with Gasteiger partial charge in [0.25, 0.3) is 0 Å². The molecule has 1 aliphatic rings. The molecule has 2 N–H and O–H groups in total. The Bertz CT molecular complexity index is 688. The molecule has 1 fully saturated rings. The van der Waals surface area contributed by atoms with Crippen LogP contribution in [0.25, 0.3) is 11.3 Å². The molecule has 1 aliphatic heterocycles. The number of amides is 1. The number of benzene rings is 1. The monoisotopic (exact) mass is 317 g/mol. The second kappa shape index (κ2) is 6.50. The minimum atomic E-state index is -0.275. The Morgan fingerprint density at radius 3 is 2.61 bits per heavy atom. The highest BCUT2D eigenvalue weighted by Crippen LogP contribution is 2.27. The molecular formula is C17H20FN3O2. The Balaban J connectivity index is 1.68. The fraction of sp³-hybridized carbons (Fsp3) is 0.412. The molecule has 23 heavy (non-hydrogen) atoms. The van der Waals surface area contributed by atoms with E-state index in [0.29, 0.717) is 12.3 Å². The number of carbonyl (C=O) groups is 1. The Hall–Kier alpha value is -2.21. The third-order valence-corrected chi connectivity index (χ3v) is 4.49. The summed E-state index contributed by atoms with van der Waals surface area (Å²) in [7, 11) is 0. The van der Waals surface area contributed by atoms with E-state index in [9.17, 15) is 9.18 Å². The van der Waals surface area contributed by atoms with Gasteiger partial charge in [0.15, 0.2) is 5.76 Å². The highest BCUT2D eigenvalue weighted by atomic mass is 19.1. The Morgan fingerprint density at radius 1 is 1.35 bits per heavy atom. The number of rotatable bonds is 4. The van der Waals surface area contributed by atoms with E-state index in [1.54, 1.807) is 12.1 Å². The summed E-state index contributed by atoms with van der Waals surface area (Å²) in [6.07, 6.45) is 1.58. The van der Waals surface area contributed by atoms with Crippen LogP contribution < -0.4 is 5.73 Å². The quantitative estimate of drug-likeness (QED) is 0.940. The largest absolute Gasteiger partial charge is 0.369 e. The van der Waals surface area contributed by atoms with Gasteiger partial charge in [-0.2, -0.15) is 0 Å². The van der Waals surface area contributed by atoms with Gasteiger partial charge >= 0.3 is 0 Å². The van der Waals surface area contributed by atoms with Crippen molar-refractivity contribution in [2.24, 2.45) is 11.7 Å². The third-order valence-electron chi connectivity index (χ3n) is 4.49. The van der Waals surface area contributed by atoms with E-state index < -0.39 is 0 Å². The number of nitrogens with two attached hydrogens (primary N) is 1. The van der Waals surface area contributed by atoms with E-state index in [2.05, 4.69) is 10.1 Å². The van der Waals surface area contributed by atoms with Gasteiger partial charge in [0, 0.05) is 23.6 Å². The first kappa shape index (κ1) is 15.7. The summed E-state index contributed by atoms with van der Waals surface area (Å²) in [6, 6.07) is 6.19. The average molecular weight is 317 g/mol. The standard InChI is InChI=1S/C17H20FN3O2/c1-11-15(10-21-8-6-13(7-9-21)17(19)22)20-23-16(11)12-2-4-14(18)5-3-12/h2-5,13H,6-10H2,1H3,(H2,19,22). The Morgan fingerprint density at radius 2 is 2.00 bits per heavy atom. The van der Waals surface area contributed by atoms with Gasteiger partial charge in [0.2, 0.25) is 5.91 Å². The van der Waals surface area contributed by atoms with Gasteiger partial charge in [-0.25, -0.2) is 4.39 Å². The molecule has 0 saturated carbocycles. The van der Waals surface area contributed by atoms with E-state index in [1.165, 1.54) is 12.1 Å². The van der Waals surface area contributed by atoms with Crippen LogP contribution >= 0.6 is 0 Å². The topological polar surface area (TPSA) is 72.4 Å². The van der Waals surface area contributed by atoms with Crippen LogP contribution in [0.15, 0.2) is 28.8 Å². The lowest BCUT2D eigenvalue weighted by atomic mass is 9.96. The van der Waals surface area contributed by atoms with Crippen LogP contribution in [0.1, 0.15) is 24.1 Å². The van der Waals surface area contributed by atoms with Crippen molar-refractivity contribution in [2.45, 2.75) is 26.3 Å². The number of halogens is 1. The molecule has 0 bridgehead atoms. The maximum atomic E-state index is 13.0. The first-order valence-electron chi connectivity index (χ1n) is 7.77. The maximum absolute atomic E-state index is 13.0. The first-order valence-corrected chi connectivity index (χ1v) is 7.77. The van der Waals surface area contributed by atoms with Crippen LogP contribution in [0.5, 0.6) is 0 Å². The fourth-order valence-electron chi connectivity index (χ4n) is 2.97. The van der Waals surface area contributed by atoms with E-state index in [0.717, 1.165) is 42.8 Å². The summed E-state index contributed by atoms with van der Waals surface area (Å²) in [5.74, 6) is 0.177. The molecule has 122 valence electrons. The zero-order valence-corrected chi connectivity index (χ0v) is 13.1. The normalized spacial score (nSPS) is 16.6. The van der Waals surface area contributed by atoms with Gasteiger partial charge < -0.3 is 10.3 Å². The zero-order valence-electron chi connectivity index (χ0n) is 13.1. The van der Waals surface area contributed by atoms with E-state index in [1.807, 2.05) is 6.92 Å². The van der Waals surface area contributed by atoms with E-state index in [4.69, 9.17) is 10.3 Å². The summed E-state index contributed by atoms with van der Waals surface area (Å²) in [4.78, 5) is 13.5. The molecule has 6 heteroatoms.